The molecular formula is C30H37N3O3. The Kier molecular flexibility index (Phi) is 5.40. The summed E-state index contributed by atoms with van der Waals surface area (Å²) in [5.74, 6) is 1.40. The molecule has 2 bridgehead atoms. The van der Waals surface area contributed by atoms with E-state index in [1.54, 1.807) is 0 Å². The van der Waals surface area contributed by atoms with E-state index in [0.717, 1.165) is 69.8 Å². The number of phenolic OH excluding ortho intramolecular Hbond substituents is 1. The molecule has 6 nitrogen and oxygen atoms in total. The van der Waals surface area contributed by atoms with Crippen LogP contribution < -0.4 is 5.32 Å². The lowest BCUT2D eigenvalue weighted by Gasteiger charge is -2.59. The van der Waals surface area contributed by atoms with Gasteiger partial charge in [0.1, 0.15) is 5.75 Å². The van der Waals surface area contributed by atoms with E-state index in [2.05, 4.69) is 21.2 Å². The monoisotopic (exact) mass is 487 g/mol. The second-order valence-corrected chi connectivity index (χ2v) is 12.2. The number of ketones is 1. The highest BCUT2D eigenvalue weighted by Gasteiger charge is 2.56. The number of benzene rings is 1. The predicted octanol–water partition coefficient (Wildman–Crippen LogP) is 3.45. The fourth-order valence-electron chi connectivity index (χ4n) is 8.02. The third-order valence-corrected chi connectivity index (χ3v) is 10.1. The van der Waals surface area contributed by atoms with Crippen LogP contribution in [0.15, 0.2) is 41.1 Å². The Balaban J connectivity index is 1.20. The number of carbonyl (C=O) groups is 2. The molecule has 3 aliphatic heterocycles. The molecule has 3 atom stereocenters. The number of hydrogen-bond donors (Lipinski definition) is 2. The van der Waals surface area contributed by atoms with Crippen molar-refractivity contribution in [1.29, 1.82) is 0 Å². The fraction of sp³-hybridized carbons (Fsp3) is 0.600. The zero-order chi connectivity index (χ0) is 24.4. The molecule has 1 aromatic rings. The van der Waals surface area contributed by atoms with Gasteiger partial charge in [0.2, 0.25) is 0 Å². The molecule has 36 heavy (non-hydrogen) atoms. The summed E-state index contributed by atoms with van der Waals surface area (Å²) in [5.41, 5.74) is 5.26. The number of likely N-dealkylation sites (tertiary alicyclic amines) is 2. The van der Waals surface area contributed by atoms with E-state index in [9.17, 15) is 14.7 Å². The Hall–Kier alpha value is -2.44. The number of allylic oxidation sites excluding steroid dienone is 3. The Morgan fingerprint density at radius 3 is 2.78 bits per heavy atom. The van der Waals surface area contributed by atoms with Gasteiger partial charge in [-0.1, -0.05) is 12.1 Å². The number of nitrogens with zero attached hydrogens (tertiary/aromatic N) is 2. The van der Waals surface area contributed by atoms with Gasteiger partial charge in [0, 0.05) is 23.7 Å². The first-order valence-electron chi connectivity index (χ1n) is 14.0. The van der Waals surface area contributed by atoms with Crippen LogP contribution in [0, 0.1) is 11.8 Å². The van der Waals surface area contributed by atoms with Crippen LogP contribution in [-0.4, -0.2) is 65.4 Å². The second kappa shape index (κ2) is 8.56. The number of Topliss-reactive ketones (excluding diaryl/α,β-unsaturated/α-hetero) is 1. The highest BCUT2D eigenvalue weighted by molar-refractivity contribution is 6.20. The Morgan fingerprint density at radius 1 is 1.14 bits per heavy atom. The molecule has 2 N–H and O–H groups in total. The summed E-state index contributed by atoms with van der Waals surface area (Å²) < 4.78 is 0. The third-order valence-electron chi connectivity index (χ3n) is 10.1. The lowest BCUT2D eigenvalue weighted by molar-refractivity contribution is -0.122. The molecule has 0 radical (unpaired) electrons. The van der Waals surface area contributed by atoms with Gasteiger partial charge < -0.3 is 10.4 Å². The summed E-state index contributed by atoms with van der Waals surface area (Å²) >= 11 is 0. The van der Waals surface area contributed by atoms with Crippen molar-refractivity contribution in [3.63, 3.8) is 0 Å². The maximum atomic E-state index is 13.3. The average molecular weight is 488 g/mol. The van der Waals surface area contributed by atoms with Crippen molar-refractivity contribution in [3.05, 3.63) is 52.2 Å². The number of hydrogen-bond acceptors (Lipinski definition) is 5. The van der Waals surface area contributed by atoms with Crippen LogP contribution >= 0.6 is 0 Å². The molecule has 6 heteroatoms. The van der Waals surface area contributed by atoms with E-state index in [-0.39, 0.29) is 17.1 Å². The Labute approximate surface area is 213 Å². The number of amides is 1. The lowest BCUT2D eigenvalue weighted by atomic mass is 9.52. The van der Waals surface area contributed by atoms with Crippen LogP contribution in [-0.2, 0) is 21.4 Å². The van der Waals surface area contributed by atoms with Gasteiger partial charge in [-0.25, -0.2) is 0 Å². The molecule has 0 spiro atoms. The van der Waals surface area contributed by atoms with Crippen LogP contribution in [0.25, 0.3) is 0 Å². The standard InChI is InChI=1S/C30H37N3O3/c34-22-7-5-20-14-27-25-13-21-6-8-23(28(35)18-32-10-1-2-11-32)29(36)31-26(21)16-30(25,24(20)15-22)9-12-33(27)17-19-3-4-19/h5,7-8,15,19,25,27,34H,1-4,6,9-14,16-18H2,(H,31,36). The van der Waals surface area contributed by atoms with E-state index in [1.807, 2.05) is 18.2 Å². The molecule has 3 fully saturated rings. The minimum absolute atomic E-state index is 0.0468. The average Bonchev–Trinajstić information content (AvgIpc) is 3.57. The van der Waals surface area contributed by atoms with Gasteiger partial charge in [-0.2, -0.15) is 0 Å². The summed E-state index contributed by atoms with van der Waals surface area (Å²) in [7, 11) is 0. The summed E-state index contributed by atoms with van der Waals surface area (Å²) in [5, 5.41) is 13.7. The van der Waals surface area contributed by atoms with Crippen LogP contribution in [0.3, 0.4) is 0 Å². The number of carbonyl (C=O) groups excluding carboxylic acids is 2. The van der Waals surface area contributed by atoms with Gasteiger partial charge in [0.25, 0.3) is 5.91 Å². The van der Waals surface area contributed by atoms with Gasteiger partial charge in [-0.05, 0) is 118 Å². The molecule has 6 aliphatic rings. The van der Waals surface area contributed by atoms with Crippen LogP contribution in [0.2, 0.25) is 0 Å². The number of rotatable bonds is 5. The van der Waals surface area contributed by atoms with Crippen LogP contribution in [0.1, 0.15) is 62.5 Å². The molecule has 2 saturated heterocycles. The molecule has 1 amide bonds. The normalized spacial score (nSPS) is 32.2. The number of phenols is 1. The topological polar surface area (TPSA) is 72.9 Å². The quantitative estimate of drug-likeness (QED) is 0.623. The van der Waals surface area contributed by atoms with E-state index in [0.29, 0.717) is 36.2 Å². The summed E-state index contributed by atoms with van der Waals surface area (Å²) in [4.78, 5) is 31.3. The maximum Gasteiger partial charge on any atom is 0.258 e. The van der Waals surface area contributed by atoms with E-state index in [1.165, 1.54) is 36.1 Å². The molecule has 7 rings (SSSR count). The molecular weight excluding hydrogens is 450 g/mol. The highest BCUT2D eigenvalue weighted by Crippen LogP contribution is 2.58. The first-order valence-corrected chi connectivity index (χ1v) is 14.0. The fourth-order valence-corrected chi connectivity index (χ4v) is 8.02. The van der Waals surface area contributed by atoms with Gasteiger partial charge in [0.15, 0.2) is 5.78 Å². The lowest BCUT2D eigenvalue weighted by Crippen LogP contribution is -2.61. The maximum absolute atomic E-state index is 13.3. The molecule has 3 aliphatic carbocycles. The minimum Gasteiger partial charge on any atom is -0.508 e. The van der Waals surface area contributed by atoms with Crippen molar-refractivity contribution in [2.45, 2.75) is 69.2 Å². The van der Waals surface area contributed by atoms with Gasteiger partial charge in [-0.3, -0.25) is 19.4 Å². The van der Waals surface area contributed by atoms with Crippen molar-refractivity contribution in [3.8, 4) is 5.75 Å². The second-order valence-electron chi connectivity index (χ2n) is 12.2. The molecule has 0 aromatic heterocycles. The highest BCUT2D eigenvalue weighted by atomic mass is 16.3. The van der Waals surface area contributed by atoms with Gasteiger partial charge in [0.05, 0.1) is 12.1 Å². The van der Waals surface area contributed by atoms with Crippen LogP contribution in [0.4, 0.5) is 0 Å². The number of piperidine rings is 1. The van der Waals surface area contributed by atoms with E-state index < -0.39 is 0 Å². The molecule has 190 valence electrons. The zero-order valence-corrected chi connectivity index (χ0v) is 21.1. The van der Waals surface area contributed by atoms with Gasteiger partial charge in [-0.15, -0.1) is 0 Å². The molecule has 1 saturated carbocycles. The van der Waals surface area contributed by atoms with Crippen molar-refractivity contribution in [2.75, 3.05) is 32.7 Å². The largest absolute Gasteiger partial charge is 0.508 e. The molecule has 1 aromatic carbocycles. The number of fused-ring (bicyclic) bond motifs is 1. The van der Waals surface area contributed by atoms with Crippen molar-refractivity contribution in [1.82, 2.24) is 15.1 Å². The van der Waals surface area contributed by atoms with Crippen molar-refractivity contribution >= 4 is 11.7 Å². The number of nitrogens with one attached hydrogen (secondary N) is 1. The van der Waals surface area contributed by atoms with Crippen molar-refractivity contribution < 1.29 is 14.7 Å². The number of aromatic hydroxyl groups is 1. The molecule has 3 unspecified atom stereocenters. The van der Waals surface area contributed by atoms with E-state index >= 15 is 0 Å². The summed E-state index contributed by atoms with van der Waals surface area (Å²) in [6, 6.07) is 6.47. The van der Waals surface area contributed by atoms with E-state index in [4.69, 9.17) is 0 Å². The van der Waals surface area contributed by atoms with Crippen LogP contribution in [0.5, 0.6) is 5.75 Å². The first-order chi connectivity index (χ1) is 17.5. The van der Waals surface area contributed by atoms with Crippen molar-refractivity contribution in [2.24, 2.45) is 11.8 Å². The SMILES string of the molecule is O=C(CN1CCCC1)C1=CCC2=C(CC34CCN(CC5CC5)C(Cc5ccc(O)cc53)C4C2)NC1=O. The summed E-state index contributed by atoms with van der Waals surface area (Å²) in [6.07, 6.45) is 11.4. The molecule has 3 heterocycles. The zero-order valence-electron chi connectivity index (χ0n) is 21.1. The van der Waals surface area contributed by atoms with Gasteiger partial charge >= 0.3 is 0 Å². The Bertz CT molecular complexity index is 1180. The first kappa shape index (κ1) is 22.7. The minimum atomic E-state index is -0.228. The summed E-state index contributed by atoms with van der Waals surface area (Å²) in [6.45, 7) is 4.54. The predicted molar refractivity (Wildman–Crippen MR) is 137 cm³/mol. The third kappa shape index (κ3) is 3.76. The Morgan fingerprint density at radius 2 is 1.97 bits per heavy atom. The smallest absolute Gasteiger partial charge is 0.258 e.